The van der Waals surface area contributed by atoms with E-state index < -0.39 is 36.5 Å². The molecule has 1 unspecified atom stereocenters. The standard InChI is InChI=1S/C18H18ClFN4O5/c1-28-23-16-9-4-5-24(17(9)22-7-21-16)18-14(27)13(26)15(29-18)12(25)8-2-3-11(20)10(19)6-8/h2-7,12-15,18,25-27H,1H3,(H,21,22,23)/t12?,13-,14+,15+,18+/m0/s1. The monoisotopic (exact) mass is 424 g/mol. The highest BCUT2D eigenvalue weighted by Crippen LogP contribution is 2.38. The topological polar surface area (TPSA) is 122 Å². The Morgan fingerprint density at radius 1 is 1.28 bits per heavy atom. The third-order valence-electron chi connectivity index (χ3n) is 4.85. The van der Waals surface area contributed by atoms with Crippen LogP contribution in [0.25, 0.3) is 11.0 Å². The SMILES string of the molecule is CONc1ncnc2c1ccn2[C@@H]1O[C@H](C(O)c2ccc(F)c(Cl)c2)[C@@H](O)[C@H]1O. The largest absolute Gasteiger partial charge is 0.387 e. The fourth-order valence-corrected chi connectivity index (χ4v) is 3.61. The first kappa shape index (κ1) is 20.0. The van der Waals surface area contributed by atoms with Crippen molar-refractivity contribution in [1.82, 2.24) is 14.5 Å². The number of anilines is 1. The van der Waals surface area contributed by atoms with Crippen LogP contribution in [0.4, 0.5) is 10.2 Å². The van der Waals surface area contributed by atoms with Gasteiger partial charge in [-0.3, -0.25) is 4.84 Å². The zero-order valence-corrected chi connectivity index (χ0v) is 15.9. The maximum Gasteiger partial charge on any atom is 0.164 e. The average molecular weight is 425 g/mol. The van der Waals surface area contributed by atoms with Crippen LogP contribution in [0, 0.1) is 5.82 Å². The van der Waals surface area contributed by atoms with Crippen molar-refractivity contribution in [2.45, 2.75) is 30.6 Å². The Morgan fingerprint density at radius 3 is 2.79 bits per heavy atom. The summed E-state index contributed by atoms with van der Waals surface area (Å²) in [6, 6.07) is 5.39. The molecule has 1 aliphatic rings. The quantitative estimate of drug-likeness (QED) is 0.455. The second-order valence-corrected chi connectivity index (χ2v) is 6.99. The summed E-state index contributed by atoms with van der Waals surface area (Å²) in [4.78, 5) is 13.2. The molecule has 3 aromatic rings. The predicted octanol–water partition coefficient (Wildman–Crippen LogP) is 1.55. The molecular weight excluding hydrogens is 407 g/mol. The van der Waals surface area contributed by atoms with Gasteiger partial charge in [-0.05, 0) is 23.8 Å². The van der Waals surface area contributed by atoms with Crippen LogP contribution in [-0.2, 0) is 9.57 Å². The summed E-state index contributed by atoms with van der Waals surface area (Å²) in [6.07, 6.45) is -3.37. The maximum absolute atomic E-state index is 13.4. The number of hydrogen-bond donors (Lipinski definition) is 4. The Hall–Kier alpha value is -2.34. The van der Waals surface area contributed by atoms with Crippen molar-refractivity contribution in [2.75, 3.05) is 12.6 Å². The maximum atomic E-state index is 13.4. The van der Waals surface area contributed by atoms with Crippen molar-refractivity contribution in [3.8, 4) is 0 Å². The van der Waals surface area contributed by atoms with Crippen LogP contribution < -0.4 is 5.48 Å². The zero-order chi connectivity index (χ0) is 20.7. The van der Waals surface area contributed by atoms with E-state index in [0.717, 1.165) is 6.07 Å². The van der Waals surface area contributed by atoms with E-state index in [1.54, 1.807) is 12.3 Å². The fourth-order valence-electron chi connectivity index (χ4n) is 3.42. The van der Waals surface area contributed by atoms with Gasteiger partial charge in [-0.1, -0.05) is 17.7 Å². The van der Waals surface area contributed by atoms with E-state index in [1.807, 2.05) is 0 Å². The minimum absolute atomic E-state index is 0.169. The van der Waals surface area contributed by atoms with Crippen LogP contribution in [0.3, 0.4) is 0 Å². The van der Waals surface area contributed by atoms with Crippen molar-refractivity contribution in [3.05, 3.63) is 53.2 Å². The Kier molecular flexibility index (Phi) is 5.38. The highest BCUT2D eigenvalue weighted by molar-refractivity contribution is 6.30. The summed E-state index contributed by atoms with van der Waals surface area (Å²) in [6.45, 7) is 0. The molecule has 11 heteroatoms. The first-order valence-corrected chi connectivity index (χ1v) is 9.05. The van der Waals surface area contributed by atoms with Gasteiger partial charge in [-0.15, -0.1) is 0 Å². The van der Waals surface area contributed by atoms with Crippen LogP contribution in [-0.4, -0.2) is 55.3 Å². The Balaban J connectivity index is 1.64. The smallest absolute Gasteiger partial charge is 0.164 e. The molecule has 1 saturated heterocycles. The minimum Gasteiger partial charge on any atom is -0.387 e. The van der Waals surface area contributed by atoms with Gasteiger partial charge in [-0.2, -0.15) is 0 Å². The molecule has 2 aromatic heterocycles. The molecule has 3 heterocycles. The van der Waals surface area contributed by atoms with Crippen molar-refractivity contribution < 1.29 is 29.3 Å². The zero-order valence-electron chi connectivity index (χ0n) is 15.1. The molecule has 0 spiro atoms. The van der Waals surface area contributed by atoms with Crippen molar-refractivity contribution in [2.24, 2.45) is 0 Å². The summed E-state index contributed by atoms with van der Waals surface area (Å²) in [5, 5.41) is 32.1. The Bertz CT molecular complexity index is 1030. The van der Waals surface area contributed by atoms with E-state index in [1.165, 1.54) is 30.1 Å². The number of aliphatic hydroxyl groups excluding tert-OH is 3. The van der Waals surface area contributed by atoms with E-state index in [9.17, 15) is 19.7 Å². The highest BCUT2D eigenvalue weighted by atomic mass is 35.5. The van der Waals surface area contributed by atoms with E-state index in [2.05, 4.69) is 15.4 Å². The van der Waals surface area contributed by atoms with Crippen molar-refractivity contribution in [1.29, 1.82) is 0 Å². The fraction of sp³-hybridized carbons (Fsp3) is 0.333. The number of fused-ring (bicyclic) bond motifs is 1. The molecule has 1 aliphatic heterocycles. The molecular formula is C18H18ClFN4O5. The molecule has 29 heavy (non-hydrogen) atoms. The number of nitrogens with one attached hydrogen (secondary N) is 1. The summed E-state index contributed by atoms with van der Waals surface area (Å²) in [5.74, 6) is -0.214. The summed E-state index contributed by atoms with van der Waals surface area (Å²) >= 11 is 5.77. The molecule has 4 rings (SSSR count). The molecule has 0 radical (unpaired) electrons. The van der Waals surface area contributed by atoms with E-state index in [0.29, 0.717) is 16.9 Å². The lowest BCUT2D eigenvalue weighted by Crippen LogP contribution is -2.34. The Morgan fingerprint density at radius 2 is 2.07 bits per heavy atom. The van der Waals surface area contributed by atoms with E-state index in [-0.39, 0.29) is 10.6 Å². The van der Waals surface area contributed by atoms with Gasteiger partial charge in [0.2, 0.25) is 0 Å². The number of aromatic nitrogens is 3. The van der Waals surface area contributed by atoms with Gasteiger partial charge in [0, 0.05) is 6.20 Å². The van der Waals surface area contributed by atoms with Crippen LogP contribution >= 0.6 is 11.6 Å². The van der Waals surface area contributed by atoms with Gasteiger partial charge in [0.1, 0.15) is 42.2 Å². The molecule has 1 aromatic carbocycles. The lowest BCUT2D eigenvalue weighted by Gasteiger charge is -2.21. The lowest BCUT2D eigenvalue weighted by molar-refractivity contribution is -0.0848. The minimum atomic E-state index is -1.41. The molecule has 0 saturated carbocycles. The number of benzene rings is 1. The molecule has 154 valence electrons. The predicted molar refractivity (Wildman–Crippen MR) is 100 cm³/mol. The third-order valence-corrected chi connectivity index (χ3v) is 5.14. The first-order valence-electron chi connectivity index (χ1n) is 8.67. The molecule has 9 nitrogen and oxygen atoms in total. The number of aliphatic hydroxyl groups is 3. The van der Waals surface area contributed by atoms with Crippen molar-refractivity contribution in [3.63, 3.8) is 0 Å². The van der Waals surface area contributed by atoms with Crippen molar-refractivity contribution >= 4 is 28.5 Å². The number of halogens is 2. The van der Waals surface area contributed by atoms with Gasteiger partial charge >= 0.3 is 0 Å². The normalized spacial score (nSPS) is 25.4. The van der Waals surface area contributed by atoms with Gasteiger partial charge in [0.15, 0.2) is 12.0 Å². The number of rotatable bonds is 5. The van der Waals surface area contributed by atoms with E-state index >= 15 is 0 Å². The average Bonchev–Trinajstić information content (AvgIpc) is 3.26. The third kappa shape index (κ3) is 3.44. The summed E-state index contributed by atoms with van der Waals surface area (Å²) < 4.78 is 20.7. The van der Waals surface area contributed by atoms with Crippen LogP contribution in [0.15, 0.2) is 36.8 Å². The van der Waals surface area contributed by atoms with E-state index in [4.69, 9.17) is 21.2 Å². The number of nitrogens with zero attached hydrogens (tertiary/aromatic N) is 3. The molecule has 0 amide bonds. The molecule has 0 bridgehead atoms. The van der Waals surface area contributed by atoms with Crippen LogP contribution in [0.5, 0.6) is 0 Å². The van der Waals surface area contributed by atoms with Gasteiger partial charge in [0.05, 0.1) is 17.5 Å². The van der Waals surface area contributed by atoms with Gasteiger partial charge in [0.25, 0.3) is 0 Å². The Labute approximate surface area is 169 Å². The molecule has 4 N–H and O–H groups in total. The summed E-state index contributed by atoms with van der Waals surface area (Å²) in [5.41, 5.74) is 3.31. The van der Waals surface area contributed by atoms with Gasteiger partial charge < -0.3 is 24.6 Å². The molecule has 5 atom stereocenters. The summed E-state index contributed by atoms with van der Waals surface area (Å²) in [7, 11) is 1.44. The van der Waals surface area contributed by atoms with Crippen LogP contribution in [0.2, 0.25) is 5.02 Å². The second kappa shape index (κ2) is 7.82. The number of hydrogen-bond acceptors (Lipinski definition) is 8. The molecule has 0 aliphatic carbocycles. The number of ether oxygens (including phenoxy) is 1. The second-order valence-electron chi connectivity index (χ2n) is 6.58. The molecule has 1 fully saturated rings. The first-order chi connectivity index (χ1) is 13.9. The highest BCUT2D eigenvalue weighted by Gasteiger charge is 2.47. The van der Waals surface area contributed by atoms with Gasteiger partial charge in [-0.25, -0.2) is 19.8 Å². The lowest BCUT2D eigenvalue weighted by atomic mass is 9.99. The van der Waals surface area contributed by atoms with Crippen LogP contribution in [0.1, 0.15) is 17.9 Å².